The Bertz CT molecular complexity index is 1830. The summed E-state index contributed by atoms with van der Waals surface area (Å²) >= 11 is 0. The van der Waals surface area contributed by atoms with Crippen molar-refractivity contribution in [1.29, 1.82) is 0 Å². The third-order valence-electron chi connectivity index (χ3n) is 10.4. The molecule has 0 aliphatic carbocycles. The quantitative estimate of drug-likeness (QED) is 0.309. The van der Waals surface area contributed by atoms with Gasteiger partial charge in [0.25, 0.3) is 0 Å². The number of nitrogens with zero attached hydrogens (tertiary/aromatic N) is 6. The van der Waals surface area contributed by atoms with Crippen molar-refractivity contribution in [3.63, 3.8) is 0 Å². The van der Waals surface area contributed by atoms with Crippen molar-refractivity contribution in [2.75, 3.05) is 63.6 Å². The van der Waals surface area contributed by atoms with Crippen LogP contribution in [0.1, 0.15) is 33.4 Å². The monoisotopic (exact) mass is 570 g/mol. The van der Waals surface area contributed by atoms with Crippen LogP contribution >= 0.6 is 0 Å². The van der Waals surface area contributed by atoms with Gasteiger partial charge in [-0.15, -0.1) is 0 Å². The minimum Gasteiger partial charge on any atom is -0.497 e. The van der Waals surface area contributed by atoms with E-state index in [-0.39, 0.29) is 0 Å². The van der Waals surface area contributed by atoms with Crippen molar-refractivity contribution in [3.05, 3.63) is 94.0 Å². The molecule has 10 rings (SSSR count). The summed E-state index contributed by atoms with van der Waals surface area (Å²) in [5.41, 5.74) is 16.8. The van der Waals surface area contributed by atoms with Gasteiger partial charge >= 0.3 is 0 Å². The zero-order valence-electron chi connectivity index (χ0n) is 24.6. The van der Waals surface area contributed by atoms with Crippen LogP contribution in [0.5, 0.6) is 11.5 Å². The van der Waals surface area contributed by atoms with Crippen molar-refractivity contribution >= 4 is 34.1 Å². The first kappa shape index (κ1) is 23.8. The maximum atomic E-state index is 5.54. The Morgan fingerprint density at radius 3 is 1.21 bits per heavy atom. The van der Waals surface area contributed by atoms with E-state index in [2.05, 4.69) is 90.1 Å². The van der Waals surface area contributed by atoms with E-state index in [9.17, 15) is 0 Å². The lowest BCUT2D eigenvalue weighted by Crippen LogP contribution is -2.50. The highest BCUT2D eigenvalue weighted by atomic mass is 16.5. The molecule has 0 amide bonds. The third-order valence-corrected chi connectivity index (χ3v) is 10.4. The van der Waals surface area contributed by atoms with Gasteiger partial charge in [0.1, 0.15) is 11.5 Å². The van der Waals surface area contributed by atoms with Gasteiger partial charge in [0.05, 0.1) is 34.2 Å². The second-order valence-electron chi connectivity index (χ2n) is 12.8. The number of hydrogen-bond acceptors (Lipinski definition) is 8. The molecule has 8 heteroatoms. The highest BCUT2D eigenvalue weighted by Gasteiger charge is 2.38. The largest absolute Gasteiger partial charge is 0.497 e. The van der Waals surface area contributed by atoms with Gasteiger partial charge in [-0.25, -0.2) is 0 Å². The summed E-state index contributed by atoms with van der Waals surface area (Å²) in [7, 11) is 3.50. The van der Waals surface area contributed by atoms with E-state index in [0.717, 1.165) is 70.8 Å². The average molecular weight is 571 g/mol. The van der Waals surface area contributed by atoms with E-state index in [1.165, 1.54) is 67.5 Å². The van der Waals surface area contributed by atoms with E-state index >= 15 is 0 Å². The topological polar surface area (TPSA) is 37.9 Å². The summed E-state index contributed by atoms with van der Waals surface area (Å²) < 4.78 is 11.1. The van der Waals surface area contributed by atoms with Crippen molar-refractivity contribution in [2.45, 2.75) is 39.3 Å². The van der Waals surface area contributed by atoms with Crippen LogP contribution in [0.4, 0.5) is 34.1 Å². The highest BCUT2D eigenvalue weighted by molar-refractivity contribution is 5.79. The van der Waals surface area contributed by atoms with Crippen LogP contribution in [-0.4, -0.2) is 34.2 Å². The Morgan fingerprint density at radius 1 is 0.395 bits per heavy atom. The molecule has 4 aromatic rings. The second kappa shape index (κ2) is 8.43. The van der Waals surface area contributed by atoms with Crippen LogP contribution in [-0.2, 0) is 39.3 Å². The van der Waals surface area contributed by atoms with E-state index in [1.54, 1.807) is 14.2 Å². The van der Waals surface area contributed by atoms with E-state index in [1.807, 2.05) is 0 Å². The fourth-order valence-electron chi connectivity index (χ4n) is 8.46. The average Bonchev–Trinajstić information content (AvgIpc) is 3.04. The van der Waals surface area contributed by atoms with E-state index in [4.69, 9.17) is 9.47 Å². The van der Waals surface area contributed by atoms with Gasteiger partial charge in [0.2, 0.25) is 0 Å². The number of benzene rings is 4. The normalized spacial score (nSPS) is 18.3. The van der Waals surface area contributed by atoms with Crippen molar-refractivity contribution in [3.8, 4) is 11.5 Å². The minimum atomic E-state index is 0.917. The summed E-state index contributed by atoms with van der Waals surface area (Å²) in [4.78, 5) is 15.3. The lowest BCUT2D eigenvalue weighted by atomic mass is 9.92. The number of rotatable bonds is 2. The Labute approximate surface area is 251 Å². The van der Waals surface area contributed by atoms with Crippen LogP contribution in [0.25, 0.3) is 0 Å². The molecule has 0 unspecified atom stereocenters. The molecule has 4 aromatic carbocycles. The molecule has 8 nitrogen and oxygen atoms in total. The fraction of sp³-hybridized carbons (Fsp3) is 0.314. The summed E-state index contributed by atoms with van der Waals surface area (Å²) in [5, 5.41) is 0. The first-order valence-electron chi connectivity index (χ1n) is 15.3. The van der Waals surface area contributed by atoms with Crippen LogP contribution < -0.4 is 38.9 Å². The van der Waals surface area contributed by atoms with Crippen LogP contribution in [0.15, 0.2) is 60.7 Å². The first-order chi connectivity index (χ1) is 21.1. The molecule has 0 saturated carbocycles. The lowest BCUT2D eigenvalue weighted by molar-refractivity contribution is 0.413. The SMILES string of the molecule is COc1ccc2c(c1)CN1CN2Cc2cc3c(cc21)CN1CN3Cc2c1ccc1c2CN2CN1Cc1cc(OC)ccc12. The van der Waals surface area contributed by atoms with Crippen molar-refractivity contribution in [1.82, 2.24) is 0 Å². The molecule has 6 bridgehead atoms. The molecule has 43 heavy (non-hydrogen) atoms. The van der Waals surface area contributed by atoms with E-state index < -0.39 is 0 Å². The number of hydrogen-bond donors (Lipinski definition) is 0. The lowest BCUT2D eigenvalue weighted by Gasteiger charge is -2.50. The molecular weight excluding hydrogens is 536 g/mol. The third kappa shape index (κ3) is 3.32. The van der Waals surface area contributed by atoms with Gasteiger partial charge in [-0.3, -0.25) is 0 Å². The van der Waals surface area contributed by atoms with Crippen LogP contribution in [0.3, 0.4) is 0 Å². The van der Waals surface area contributed by atoms with Gasteiger partial charge in [-0.1, -0.05) is 0 Å². The number of methoxy groups -OCH3 is 2. The fourth-order valence-corrected chi connectivity index (χ4v) is 8.46. The first-order valence-corrected chi connectivity index (χ1v) is 15.3. The smallest absolute Gasteiger partial charge is 0.119 e. The summed E-state index contributed by atoms with van der Waals surface area (Å²) in [6.07, 6.45) is 0. The maximum Gasteiger partial charge on any atom is 0.119 e. The van der Waals surface area contributed by atoms with Crippen LogP contribution in [0.2, 0.25) is 0 Å². The minimum absolute atomic E-state index is 0.917. The molecular formula is C35H34N6O2. The molecule has 0 saturated heterocycles. The van der Waals surface area contributed by atoms with Crippen molar-refractivity contribution < 1.29 is 9.47 Å². The summed E-state index contributed by atoms with van der Waals surface area (Å²) in [6, 6.07) is 22.8. The standard InChI is InChI=1S/C35H34N6O2/c1-42-26-3-5-30-23(10-26)14-39-19-36(30)15-24-12-35-25(11-34(24)39)16-38-21-41(35)18-29-28-17-40-20-37(32(28)7-8-33(29)38)13-22-9-27(43-2)4-6-31(22)40/h3-12H,13-21H2,1-2H3. The Hall–Kier alpha value is -4.72. The molecule has 0 fully saturated rings. The predicted molar refractivity (Wildman–Crippen MR) is 171 cm³/mol. The second-order valence-corrected chi connectivity index (χ2v) is 12.8. The van der Waals surface area contributed by atoms with Gasteiger partial charge in [0.15, 0.2) is 0 Å². The zero-order chi connectivity index (χ0) is 28.4. The van der Waals surface area contributed by atoms with Crippen LogP contribution in [0, 0.1) is 0 Å². The maximum absolute atomic E-state index is 5.54. The molecule has 0 radical (unpaired) electrons. The zero-order valence-corrected chi connectivity index (χ0v) is 24.6. The molecule has 0 aromatic heterocycles. The predicted octanol–water partition coefficient (Wildman–Crippen LogP) is 5.60. The Balaban J connectivity index is 0.999. The molecule has 6 heterocycles. The van der Waals surface area contributed by atoms with Gasteiger partial charge in [0, 0.05) is 84.5 Å². The summed E-state index contributed by atoms with van der Waals surface area (Å²) in [5.74, 6) is 1.87. The molecule has 6 aliphatic heterocycles. The Kier molecular flexibility index (Phi) is 4.67. The molecule has 6 aliphatic rings. The van der Waals surface area contributed by atoms with Crippen molar-refractivity contribution in [2.24, 2.45) is 0 Å². The van der Waals surface area contributed by atoms with Gasteiger partial charge < -0.3 is 38.9 Å². The van der Waals surface area contributed by atoms with E-state index in [0.29, 0.717) is 0 Å². The Morgan fingerprint density at radius 2 is 0.744 bits per heavy atom. The molecule has 216 valence electrons. The number of anilines is 6. The molecule has 0 spiro atoms. The molecule has 0 N–H and O–H groups in total. The number of ether oxygens (including phenoxy) is 2. The number of fused-ring (bicyclic) bond motifs is 19. The molecule has 0 atom stereocenters. The van der Waals surface area contributed by atoms with Gasteiger partial charge in [-0.05, 0) is 82.9 Å². The summed E-state index contributed by atoms with van der Waals surface area (Å²) in [6.45, 7) is 8.45. The van der Waals surface area contributed by atoms with Gasteiger partial charge in [-0.2, -0.15) is 0 Å². The highest BCUT2D eigenvalue weighted by Crippen LogP contribution is 2.48.